The molecule has 1 aliphatic rings. The molecule has 4 rings (SSSR count). The van der Waals surface area contributed by atoms with Gasteiger partial charge >= 0.3 is 0 Å². The van der Waals surface area contributed by atoms with Crippen LogP contribution >= 0.6 is 0 Å². The van der Waals surface area contributed by atoms with Gasteiger partial charge in [-0.2, -0.15) is 5.10 Å². The van der Waals surface area contributed by atoms with Crippen LogP contribution in [0.2, 0.25) is 0 Å². The van der Waals surface area contributed by atoms with Crippen molar-refractivity contribution in [3.05, 3.63) is 41.7 Å². The van der Waals surface area contributed by atoms with E-state index in [0.717, 1.165) is 48.2 Å². The molecule has 1 fully saturated rings. The Morgan fingerprint density at radius 1 is 1.31 bits per heavy atom. The monoisotopic (exact) mass is 494 g/mol. The van der Waals surface area contributed by atoms with Crippen molar-refractivity contribution in [2.75, 3.05) is 26.7 Å². The zero-order valence-electron chi connectivity index (χ0n) is 21.9. The molecule has 0 saturated carbocycles. The summed E-state index contributed by atoms with van der Waals surface area (Å²) in [5.41, 5.74) is 3.37. The van der Waals surface area contributed by atoms with E-state index in [-0.39, 0.29) is 17.9 Å². The van der Waals surface area contributed by atoms with E-state index in [1.807, 2.05) is 30.8 Å². The Morgan fingerprint density at radius 2 is 2.06 bits per heavy atom. The van der Waals surface area contributed by atoms with Crippen LogP contribution in [0.15, 0.2) is 35.6 Å². The van der Waals surface area contributed by atoms with E-state index in [0.29, 0.717) is 36.2 Å². The third-order valence-corrected chi connectivity index (χ3v) is 7.07. The molecule has 0 radical (unpaired) electrons. The van der Waals surface area contributed by atoms with Crippen LogP contribution in [0, 0.1) is 0 Å². The highest BCUT2D eigenvalue weighted by atomic mass is 16.5. The number of piperidine rings is 1. The molecule has 1 aliphatic heterocycles. The normalized spacial score (nSPS) is 16.7. The van der Waals surface area contributed by atoms with Crippen LogP contribution in [0.4, 0.5) is 5.69 Å². The average molecular weight is 495 g/mol. The summed E-state index contributed by atoms with van der Waals surface area (Å²) in [7, 11) is 1.61. The third-order valence-electron chi connectivity index (χ3n) is 7.07. The molecule has 3 heterocycles. The van der Waals surface area contributed by atoms with Gasteiger partial charge in [-0.3, -0.25) is 9.48 Å². The van der Waals surface area contributed by atoms with Crippen molar-refractivity contribution < 1.29 is 14.6 Å². The van der Waals surface area contributed by atoms with Gasteiger partial charge in [0.25, 0.3) is 5.91 Å². The highest BCUT2D eigenvalue weighted by molar-refractivity contribution is 6.14. The van der Waals surface area contributed by atoms with Gasteiger partial charge in [-0.15, -0.1) is 0 Å². The van der Waals surface area contributed by atoms with Crippen LogP contribution in [0.5, 0.6) is 5.88 Å². The maximum atomic E-state index is 12.7. The second-order valence-electron chi connectivity index (χ2n) is 9.82. The number of carbonyl (C=O) groups excluding carboxylic acids is 1. The summed E-state index contributed by atoms with van der Waals surface area (Å²) in [5, 5.41) is 19.0. The van der Waals surface area contributed by atoms with E-state index >= 15 is 0 Å². The first-order valence-electron chi connectivity index (χ1n) is 12.8. The fourth-order valence-electron chi connectivity index (χ4n) is 4.75. The number of rotatable bonds is 9. The van der Waals surface area contributed by atoms with Gasteiger partial charge in [0.1, 0.15) is 5.69 Å². The first-order chi connectivity index (χ1) is 17.3. The highest BCUT2D eigenvalue weighted by Crippen LogP contribution is 2.31. The second kappa shape index (κ2) is 11.3. The number of hydrogen-bond donors (Lipinski definition) is 3. The lowest BCUT2D eigenvalue weighted by Gasteiger charge is -2.34. The number of aromatic hydroxyl groups is 1. The van der Waals surface area contributed by atoms with Crippen LogP contribution in [-0.4, -0.2) is 75.3 Å². The van der Waals surface area contributed by atoms with Gasteiger partial charge in [0, 0.05) is 49.3 Å². The van der Waals surface area contributed by atoms with Gasteiger partial charge in [0.05, 0.1) is 35.8 Å². The van der Waals surface area contributed by atoms with E-state index in [1.165, 1.54) is 0 Å². The molecule has 3 aromatic rings. The van der Waals surface area contributed by atoms with Crippen LogP contribution < -0.4 is 5.32 Å². The molecule has 36 heavy (non-hydrogen) atoms. The van der Waals surface area contributed by atoms with Gasteiger partial charge in [0.2, 0.25) is 0 Å². The summed E-state index contributed by atoms with van der Waals surface area (Å²) >= 11 is 0. The minimum atomic E-state index is -0.188. The number of aliphatic imine (C=N–C) groups is 1. The van der Waals surface area contributed by atoms with Gasteiger partial charge in [-0.25, -0.2) is 4.99 Å². The fraction of sp³-hybridized carbons (Fsp3) is 0.519. The molecule has 1 aromatic carbocycles. The van der Waals surface area contributed by atoms with Crippen molar-refractivity contribution in [2.24, 2.45) is 4.99 Å². The number of methoxy groups -OCH3 is 1. The lowest BCUT2D eigenvalue weighted by atomic mass is 10.0. The molecule has 2 aromatic heterocycles. The van der Waals surface area contributed by atoms with Crippen LogP contribution in [0.3, 0.4) is 0 Å². The number of benzene rings is 1. The van der Waals surface area contributed by atoms with Gasteiger partial charge in [0.15, 0.2) is 5.88 Å². The van der Waals surface area contributed by atoms with E-state index in [4.69, 9.17) is 9.73 Å². The molecule has 3 N–H and O–H groups in total. The predicted molar refractivity (Wildman–Crippen MR) is 142 cm³/mol. The molecule has 9 nitrogen and oxygen atoms in total. The first-order valence-corrected chi connectivity index (χ1v) is 12.8. The summed E-state index contributed by atoms with van der Waals surface area (Å²) in [5.74, 6) is -0.142. The van der Waals surface area contributed by atoms with Crippen LogP contribution in [0.1, 0.15) is 68.9 Å². The Hall–Kier alpha value is -3.17. The number of H-pyrrole nitrogens is 1. The minimum absolute atomic E-state index is 0.0459. The molecule has 1 saturated heterocycles. The molecule has 0 aliphatic carbocycles. The fourth-order valence-corrected chi connectivity index (χ4v) is 4.75. The number of amides is 1. The molecule has 0 unspecified atom stereocenters. The largest absolute Gasteiger partial charge is 0.494 e. The number of likely N-dealkylation sites (tertiary alicyclic amines) is 1. The van der Waals surface area contributed by atoms with Crippen LogP contribution in [-0.2, 0) is 4.74 Å². The number of hydrogen-bond acceptors (Lipinski definition) is 6. The zero-order chi connectivity index (χ0) is 25.8. The molecule has 0 bridgehead atoms. The summed E-state index contributed by atoms with van der Waals surface area (Å²) in [6.45, 7) is 10.9. The summed E-state index contributed by atoms with van der Waals surface area (Å²) < 4.78 is 7.24. The van der Waals surface area contributed by atoms with Crippen molar-refractivity contribution in [1.29, 1.82) is 0 Å². The quantitative estimate of drug-likeness (QED) is 0.382. The maximum absolute atomic E-state index is 12.7. The lowest BCUT2D eigenvalue weighted by Crippen LogP contribution is -2.39. The molecular formula is C27H38N6O3. The van der Waals surface area contributed by atoms with Crippen molar-refractivity contribution in [3.63, 3.8) is 0 Å². The van der Waals surface area contributed by atoms with E-state index < -0.39 is 0 Å². The third kappa shape index (κ3) is 5.63. The van der Waals surface area contributed by atoms with Crippen molar-refractivity contribution in [1.82, 2.24) is 25.0 Å². The number of aromatic amines is 1. The Bertz CT molecular complexity index is 1220. The maximum Gasteiger partial charge on any atom is 0.251 e. The SMILES string of the molecule is CCC(=Nc1cnn(C2CCN(C(C)C)CC2)c1)c1c(O)[nH]c2ccc(C(=O)NC[C@@H](C)OC)cc12. The average Bonchev–Trinajstić information content (AvgIpc) is 3.48. The summed E-state index contributed by atoms with van der Waals surface area (Å²) in [4.78, 5) is 23.1. The second-order valence-corrected chi connectivity index (χ2v) is 9.82. The molecule has 0 spiro atoms. The number of ether oxygens (including phenoxy) is 1. The number of nitrogens with one attached hydrogen (secondary N) is 2. The zero-order valence-corrected chi connectivity index (χ0v) is 21.9. The Labute approximate surface area is 212 Å². The van der Waals surface area contributed by atoms with E-state index in [2.05, 4.69) is 34.1 Å². The summed E-state index contributed by atoms with van der Waals surface area (Å²) in [6.07, 6.45) is 6.45. The first kappa shape index (κ1) is 25.9. The highest BCUT2D eigenvalue weighted by Gasteiger charge is 2.23. The number of carbonyl (C=O) groups is 1. The van der Waals surface area contributed by atoms with Crippen molar-refractivity contribution in [3.8, 4) is 5.88 Å². The van der Waals surface area contributed by atoms with Crippen LogP contribution in [0.25, 0.3) is 10.9 Å². The van der Waals surface area contributed by atoms with Crippen molar-refractivity contribution in [2.45, 2.75) is 65.1 Å². The molecule has 1 amide bonds. The topological polar surface area (TPSA) is 108 Å². The molecular weight excluding hydrogens is 456 g/mol. The number of nitrogens with zero attached hydrogens (tertiary/aromatic N) is 4. The molecule has 194 valence electrons. The molecule has 9 heteroatoms. The number of aromatic nitrogens is 3. The number of fused-ring (bicyclic) bond motifs is 1. The lowest BCUT2D eigenvalue weighted by molar-refractivity contribution is 0.0870. The Kier molecular flexibility index (Phi) is 8.11. The van der Waals surface area contributed by atoms with E-state index in [9.17, 15) is 9.90 Å². The smallest absolute Gasteiger partial charge is 0.251 e. The van der Waals surface area contributed by atoms with E-state index in [1.54, 1.807) is 25.4 Å². The Morgan fingerprint density at radius 3 is 2.72 bits per heavy atom. The Balaban J connectivity index is 1.57. The van der Waals surface area contributed by atoms with Gasteiger partial charge < -0.3 is 25.0 Å². The predicted octanol–water partition coefficient (Wildman–Crippen LogP) is 4.41. The minimum Gasteiger partial charge on any atom is -0.494 e. The summed E-state index contributed by atoms with van der Waals surface area (Å²) in [6, 6.07) is 6.29. The van der Waals surface area contributed by atoms with Crippen molar-refractivity contribution >= 4 is 28.2 Å². The standard InChI is InChI=1S/C27H38N6O3/c1-6-23(30-20-15-29-33(16-20)21-9-11-32(12-10-21)17(2)3)25-22-13-19(7-8-24(22)31-27(25)35)26(34)28-14-18(4)36-5/h7-8,13,15-18,21,31,35H,6,9-12,14H2,1-5H3,(H,28,34)/t18-/m1/s1. The van der Waals surface area contributed by atoms with Gasteiger partial charge in [-0.1, -0.05) is 6.92 Å². The molecule has 1 atom stereocenters. The van der Waals surface area contributed by atoms with Gasteiger partial charge in [-0.05, 0) is 58.2 Å².